The van der Waals surface area contributed by atoms with Crippen LogP contribution in [-0.4, -0.2) is 21.6 Å². The summed E-state index contributed by atoms with van der Waals surface area (Å²) in [7, 11) is 0. The summed E-state index contributed by atoms with van der Waals surface area (Å²) in [6.07, 6.45) is 3.03. The van der Waals surface area contributed by atoms with E-state index in [9.17, 15) is 18.0 Å². The zero-order valence-electron chi connectivity index (χ0n) is 9.94. The van der Waals surface area contributed by atoms with Crippen LogP contribution in [0.15, 0.2) is 35.7 Å². The number of carbonyl (C=O) groups is 1. The van der Waals surface area contributed by atoms with Crippen molar-refractivity contribution in [3.05, 3.63) is 48.0 Å². The molecule has 20 heavy (non-hydrogen) atoms. The zero-order valence-corrected chi connectivity index (χ0v) is 10.8. The largest absolute Gasteiger partial charge is 0.323 e. The Morgan fingerprint density at radius 2 is 1.85 bits per heavy atom. The summed E-state index contributed by atoms with van der Waals surface area (Å²) >= 11 is 1.04. The molecule has 0 saturated heterocycles. The van der Waals surface area contributed by atoms with Gasteiger partial charge in [-0.25, -0.2) is 23.1 Å². The number of hydrogen-bond donors (Lipinski definition) is 1. The Bertz CT molecular complexity index is 625. The molecule has 0 aliphatic heterocycles. The van der Waals surface area contributed by atoms with E-state index in [1.165, 1.54) is 12.4 Å². The number of anilines is 1. The van der Waals surface area contributed by atoms with Gasteiger partial charge in [-0.05, 0) is 18.2 Å². The molecule has 2 rings (SSSR count). The second-order valence-corrected chi connectivity index (χ2v) is 4.53. The van der Waals surface area contributed by atoms with Crippen LogP contribution in [0.1, 0.15) is 0 Å². The fraction of sp³-hybridized carbons (Fsp3) is 0.0833. The third-order valence-electron chi connectivity index (χ3n) is 2.18. The van der Waals surface area contributed by atoms with Crippen molar-refractivity contribution in [3.8, 4) is 0 Å². The summed E-state index contributed by atoms with van der Waals surface area (Å²) < 4.78 is 39.0. The van der Waals surface area contributed by atoms with E-state index in [1.807, 2.05) is 0 Å². The summed E-state index contributed by atoms with van der Waals surface area (Å²) in [5.41, 5.74) is -0.413. The predicted molar refractivity (Wildman–Crippen MR) is 67.7 cm³/mol. The highest BCUT2D eigenvalue weighted by Gasteiger charge is 2.15. The molecule has 0 atom stereocenters. The molecule has 0 fully saturated rings. The van der Waals surface area contributed by atoms with Crippen molar-refractivity contribution in [1.82, 2.24) is 9.97 Å². The number of thioether (sulfide) groups is 1. The number of halogens is 3. The minimum Gasteiger partial charge on any atom is -0.323 e. The summed E-state index contributed by atoms with van der Waals surface area (Å²) in [4.78, 5) is 19.3. The molecule has 0 saturated carbocycles. The topological polar surface area (TPSA) is 54.9 Å². The molecule has 8 heteroatoms. The third kappa shape index (κ3) is 3.47. The van der Waals surface area contributed by atoms with E-state index >= 15 is 0 Å². The maximum Gasteiger partial charge on any atom is 0.234 e. The molecule has 4 nitrogen and oxygen atoms in total. The van der Waals surface area contributed by atoms with E-state index in [0.29, 0.717) is 5.16 Å². The number of benzene rings is 1. The SMILES string of the molecule is O=C(CSc1ncccn1)Nc1ccc(F)c(F)c1F. The van der Waals surface area contributed by atoms with Crippen molar-refractivity contribution in [2.75, 3.05) is 11.1 Å². The first-order chi connectivity index (χ1) is 9.58. The van der Waals surface area contributed by atoms with Gasteiger partial charge in [0.2, 0.25) is 5.91 Å². The molecular formula is C12H8F3N3OS. The quantitative estimate of drug-likeness (QED) is 0.536. The minimum absolute atomic E-state index is 0.0809. The van der Waals surface area contributed by atoms with Gasteiger partial charge in [-0.15, -0.1) is 0 Å². The lowest BCUT2D eigenvalue weighted by Crippen LogP contribution is -2.16. The van der Waals surface area contributed by atoms with Crippen molar-refractivity contribution < 1.29 is 18.0 Å². The molecule has 0 unspecified atom stereocenters. The van der Waals surface area contributed by atoms with Gasteiger partial charge in [0.05, 0.1) is 11.4 Å². The van der Waals surface area contributed by atoms with E-state index in [4.69, 9.17) is 0 Å². The smallest absolute Gasteiger partial charge is 0.234 e. The monoisotopic (exact) mass is 299 g/mol. The van der Waals surface area contributed by atoms with E-state index in [2.05, 4.69) is 15.3 Å². The van der Waals surface area contributed by atoms with Crippen molar-refractivity contribution in [2.45, 2.75) is 5.16 Å². The fourth-order valence-corrected chi connectivity index (χ4v) is 1.90. The lowest BCUT2D eigenvalue weighted by atomic mass is 10.3. The lowest BCUT2D eigenvalue weighted by Gasteiger charge is -2.06. The number of rotatable bonds is 4. The second-order valence-electron chi connectivity index (χ2n) is 3.59. The number of hydrogen-bond acceptors (Lipinski definition) is 4. The van der Waals surface area contributed by atoms with Gasteiger partial charge in [-0.1, -0.05) is 11.8 Å². The molecule has 1 amide bonds. The number of nitrogens with zero attached hydrogens (tertiary/aromatic N) is 2. The molecule has 0 spiro atoms. The predicted octanol–water partition coefficient (Wildman–Crippen LogP) is 2.62. The van der Waals surface area contributed by atoms with E-state index in [0.717, 1.165) is 23.9 Å². The average molecular weight is 299 g/mol. The van der Waals surface area contributed by atoms with Crippen LogP contribution in [0.3, 0.4) is 0 Å². The number of carbonyl (C=O) groups excluding carboxylic acids is 1. The number of amides is 1. The third-order valence-corrected chi connectivity index (χ3v) is 3.06. The molecule has 1 N–H and O–H groups in total. The first-order valence-electron chi connectivity index (χ1n) is 5.41. The first-order valence-corrected chi connectivity index (χ1v) is 6.39. The highest BCUT2D eigenvalue weighted by molar-refractivity contribution is 7.99. The summed E-state index contributed by atoms with van der Waals surface area (Å²) in [5.74, 6) is -5.02. The molecule has 0 aliphatic rings. The Hall–Kier alpha value is -2.09. The van der Waals surface area contributed by atoms with E-state index in [1.54, 1.807) is 6.07 Å². The standard InChI is InChI=1S/C12H8F3N3OS/c13-7-2-3-8(11(15)10(7)14)18-9(19)6-20-12-16-4-1-5-17-12/h1-5H,6H2,(H,18,19). The van der Waals surface area contributed by atoms with Crippen LogP contribution in [0, 0.1) is 17.5 Å². The molecule has 104 valence electrons. The van der Waals surface area contributed by atoms with Crippen LogP contribution >= 0.6 is 11.8 Å². The summed E-state index contributed by atoms with van der Waals surface area (Å²) in [6.45, 7) is 0. The zero-order chi connectivity index (χ0) is 14.5. The maximum absolute atomic E-state index is 13.3. The summed E-state index contributed by atoms with van der Waals surface area (Å²) in [5, 5.41) is 2.53. The van der Waals surface area contributed by atoms with Crippen LogP contribution in [0.4, 0.5) is 18.9 Å². The van der Waals surface area contributed by atoms with Gasteiger partial charge in [-0.2, -0.15) is 0 Å². The molecule has 0 bridgehead atoms. The molecule has 1 heterocycles. The summed E-state index contributed by atoms with van der Waals surface area (Å²) in [6, 6.07) is 3.32. The molecule has 1 aromatic carbocycles. The molecule has 0 radical (unpaired) electrons. The fourth-order valence-electron chi connectivity index (χ4n) is 1.30. The van der Waals surface area contributed by atoms with Gasteiger partial charge in [-0.3, -0.25) is 4.79 Å². The van der Waals surface area contributed by atoms with Crippen LogP contribution < -0.4 is 5.32 Å². The Kier molecular flexibility index (Phi) is 4.57. The Morgan fingerprint density at radius 3 is 2.55 bits per heavy atom. The van der Waals surface area contributed by atoms with E-state index in [-0.39, 0.29) is 5.75 Å². The Labute approximate surface area is 116 Å². The van der Waals surface area contributed by atoms with Gasteiger partial charge in [0.1, 0.15) is 0 Å². The van der Waals surface area contributed by atoms with Crippen molar-refractivity contribution in [2.24, 2.45) is 0 Å². The highest BCUT2D eigenvalue weighted by Crippen LogP contribution is 2.20. The van der Waals surface area contributed by atoms with Gasteiger partial charge in [0, 0.05) is 12.4 Å². The van der Waals surface area contributed by atoms with Crippen LogP contribution in [0.5, 0.6) is 0 Å². The molecule has 1 aromatic heterocycles. The van der Waals surface area contributed by atoms with Crippen LogP contribution in [0.25, 0.3) is 0 Å². The normalized spacial score (nSPS) is 10.3. The Morgan fingerprint density at radius 1 is 1.15 bits per heavy atom. The molecular weight excluding hydrogens is 291 g/mol. The lowest BCUT2D eigenvalue weighted by molar-refractivity contribution is -0.113. The second kappa shape index (κ2) is 6.38. The van der Waals surface area contributed by atoms with Gasteiger partial charge in [0.25, 0.3) is 0 Å². The van der Waals surface area contributed by atoms with Gasteiger partial charge in [0.15, 0.2) is 22.6 Å². The number of aromatic nitrogens is 2. The first kappa shape index (κ1) is 14.3. The molecule has 0 aliphatic carbocycles. The van der Waals surface area contributed by atoms with Crippen molar-refractivity contribution in [3.63, 3.8) is 0 Å². The Balaban J connectivity index is 1.97. The highest BCUT2D eigenvalue weighted by atomic mass is 32.2. The number of nitrogens with one attached hydrogen (secondary N) is 1. The van der Waals surface area contributed by atoms with Crippen LogP contribution in [0.2, 0.25) is 0 Å². The van der Waals surface area contributed by atoms with Crippen LogP contribution in [-0.2, 0) is 4.79 Å². The molecule has 2 aromatic rings. The van der Waals surface area contributed by atoms with Crippen molar-refractivity contribution in [1.29, 1.82) is 0 Å². The van der Waals surface area contributed by atoms with Gasteiger partial charge < -0.3 is 5.32 Å². The maximum atomic E-state index is 13.3. The van der Waals surface area contributed by atoms with Crippen molar-refractivity contribution >= 4 is 23.4 Å². The van der Waals surface area contributed by atoms with Gasteiger partial charge >= 0.3 is 0 Å². The average Bonchev–Trinajstić information content (AvgIpc) is 2.47. The van der Waals surface area contributed by atoms with E-state index < -0.39 is 29.0 Å². The minimum atomic E-state index is -1.62.